The van der Waals surface area contributed by atoms with Gasteiger partial charge in [-0.05, 0) is 0 Å². The number of nitrogens with one attached hydrogen (secondary N) is 2. The number of aromatic nitrogens is 3. The van der Waals surface area contributed by atoms with Gasteiger partial charge in [-0.3, -0.25) is 4.99 Å². The Morgan fingerprint density at radius 3 is 2.79 bits per heavy atom. The molecule has 7 nitrogen and oxygen atoms in total. The lowest BCUT2D eigenvalue weighted by molar-refractivity contribution is 0.203. The van der Waals surface area contributed by atoms with Crippen molar-refractivity contribution < 1.29 is 4.74 Å². The van der Waals surface area contributed by atoms with E-state index in [2.05, 4.69) is 32.7 Å². The molecular weight excluding hydrogens is 359 g/mol. The Kier molecular flexibility index (Phi) is 10.5. The zero-order valence-electron chi connectivity index (χ0n) is 11.7. The van der Waals surface area contributed by atoms with E-state index in [1.54, 1.807) is 20.5 Å². The average Bonchev–Trinajstić information content (AvgIpc) is 2.84. The van der Waals surface area contributed by atoms with Gasteiger partial charge in [0.2, 0.25) is 0 Å². The highest BCUT2D eigenvalue weighted by Gasteiger charge is 2.01. The largest absolute Gasteiger partial charge is 0.383 e. The first kappa shape index (κ1) is 18.1. The van der Waals surface area contributed by atoms with Gasteiger partial charge in [-0.25, -0.2) is 0 Å². The maximum absolute atomic E-state index is 4.96. The molecule has 0 bridgehead atoms. The SMILES string of the molecule is CCc1nncn1CCNC(=NC)NCCOC.I. The van der Waals surface area contributed by atoms with Crippen LogP contribution in [0, 0.1) is 0 Å². The molecule has 2 N–H and O–H groups in total. The molecule has 0 aliphatic rings. The second-order valence-corrected chi connectivity index (χ2v) is 3.71. The Hall–Kier alpha value is -0.900. The maximum atomic E-state index is 4.96. The quantitative estimate of drug-likeness (QED) is 0.307. The van der Waals surface area contributed by atoms with Crippen molar-refractivity contribution in [1.82, 2.24) is 25.4 Å². The van der Waals surface area contributed by atoms with Gasteiger partial charge in [-0.15, -0.1) is 34.2 Å². The second kappa shape index (κ2) is 11.0. The van der Waals surface area contributed by atoms with Crippen molar-refractivity contribution in [2.75, 3.05) is 33.9 Å². The molecular formula is C11H23IN6O. The summed E-state index contributed by atoms with van der Waals surface area (Å²) in [6, 6.07) is 0. The van der Waals surface area contributed by atoms with Crippen LogP contribution < -0.4 is 10.6 Å². The lowest BCUT2D eigenvalue weighted by Crippen LogP contribution is -2.40. The van der Waals surface area contributed by atoms with Crippen LogP contribution >= 0.6 is 24.0 Å². The zero-order chi connectivity index (χ0) is 13.2. The molecule has 0 amide bonds. The smallest absolute Gasteiger partial charge is 0.191 e. The van der Waals surface area contributed by atoms with E-state index in [-0.39, 0.29) is 24.0 Å². The van der Waals surface area contributed by atoms with Crippen LogP contribution in [-0.2, 0) is 17.7 Å². The predicted molar refractivity (Wildman–Crippen MR) is 86.1 cm³/mol. The predicted octanol–water partition coefficient (Wildman–Crippen LogP) is 0.270. The summed E-state index contributed by atoms with van der Waals surface area (Å²) in [6.07, 6.45) is 2.64. The van der Waals surface area contributed by atoms with Crippen molar-refractivity contribution in [2.45, 2.75) is 19.9 Å². The molecule has 1 aromatic heterocycles. The first-order valence-electron chi connectivity index (χ1n) is 6.12. The van der Waals surface area contributed by atoms with Crippen molar-refractivity contribution in [1.29, 1.82) is 0 Å². The number of hydrogen-bond donors (Lipinski definition) is 2. The minimum Gasteiger partial charge on any atom is -0.383 e. The van der Waals surface area contributed by atoms with Crippen molar-refractivity contribution in [3.63, 3.8) is 0 Å². The van der Waals surface area contributed by atoms with E-state index < -0.39 is 0 Å². The van der Waals surface area contributed by atoms with Crippen LogP contribution in [0.4, 0.5) is 0 Å². The maximum Gasteiger partial charge on any atom is 0.191 e. The Bertz CT molecular complexity index is 368. The van der Waals surface area contributed by atoms with Crippen LogP contribution in [-0.4, -0.2) is 54.6 Å². The fourth-order valence-corrected chi connectivity index (χ4v) is 1.53. The van der Waals surface area contributed by atoms with Crippen LogP contribution in [0.25, 0.3) is 0 Å². The third-order valence-corrected chi connectivity index (χ3v) is 2.48. The van der Waals surface area contributed by atoms with Gasteiger partial charge in [0.25, 0.3) is 0 Å². The van der Waals surface area contributed by atoms with Crippen molar-refractivity contribution >= 4 is 29.9 Å². The molecule has 0 saturated heterocycles. The normalized spacial score (nSPS) is 11.0. The highest BCUT2D eigenvalue weighted by atomic mass is 127. The van der Waals surface area contributed by atoms with E-state index in [0.29, 0.717) is 6.61 Å². The van der Waals surface area contributed by atoms with Gasteiger partial charge >= 0.3 is 0 Å². The number of aliphatic imine (C=N–C) groups is 1. The third-order valence-electron chi connectivity index (χ3n) is 2.48. The molecule has 0 aliphatic heterocycles. The molecule has 0 aliphatic carbocycles. The fourth-order valence-electron chi connectivity index (χ4n) is 1.53. The van der Waals surface area contributed by atoms with Gasteiger partial charge < -0.3 is 19.9 Å². The fraction of sp³-hybridized carbons (Fsp3) is 0.727. The average molecular weight is 382 g/mol. The van der Waals surface area contributed by atoms with Crippen LogP contribution in [0.15, 0.2) is 11.3 Å². The minimum atomic E-state index is 0. The highest BCUT2D eigenvalue weighted by molar-refractivity contribution is 14.0. The number of halogens is 1. The summed E-state index contributed by atoms with van der Waals surface area (Å²) in [5.74, 6) is 1.78. The molecule has 8 heteroatoms. The molecule has 0 unspecified atom stereocenters. The first-order valence-corrected chi connectivity index (χ1v) is 6.12. The van der Waals surface area contributed by atoms with E-state index in [1.807, 2.05) is 4.57 Å². The molecule has 0 aromatic carbocycles. The van der Waals surface area contributed by atoms with Gasteiger partial charge in [0, 0.05) is 40.2 Å². The van der Waals surface area contributed by atoms with E-state index in [0.717, 1.165) is 37.8 Å². The van der Waals surface area contributed by atoms with Crippen LogP contribution in [0.5, 0.6) is 0 Å². The van der Waals surface area contributed by atoms with Crippen LogP contribution in [0.2, 0.25) is 0 Å². The molecule has 0 saturated carbocycles. The number of hydrogen-bond acceptors (Lipinski definition) is 4. The number of aryl methyl sites for hydroxylation is 1. The summed E-state index contributed by atoms with van der Waals surface area (Å²) in [4.78, 5) is 4.12. The van der Waals surface area contributed by atoms with Crippen LogP contribution in [0.3, 0.4) is 0 Å². The van der Waals surface area contributed by atoms with Gasteiger partial charge in [0.05, 0.1) is 6.61 Å². The monoisotopic (exact) mass is 382 g/mol. The van der Waals surface area contributed by atoms with Crippen LogP contribution in [0.1, 0.15) is 12.7 Å². The van der Waals surface area contributed by atoms with Gasteiger partial charge in [-0.2, -0.15) is 0 Å². The van der Waals surface area contributed by atoms with Gasteiger partial charge in [0.15, 0.2) is 5.96 Å². The number of nitrogens with zero attached hydrogens (tertiary/aromatic N) is 4. The van der Waals surface area contributed by atoms with Gasteiger partial charge in [0.1, 0.15) is 12.2 Å². The summed E-state index contributed by atoms with van der Waals surface area (Å²) in [6.45, 7) is 5.06. The topological polar surface area (TPSA) is 76.4 Å². The van der Waals surface area contributed by atoms with E-state index in [1.165, 1.54) is 0 Å². The lowest BCUT2D eigenvalue weighted by Gasteiger charge is -2.12. The number of ether oxygens (including phenoxy) is 1. The third kappa shape index (κ3) is 6.71. The summed E-state index contributed by atoms with van der Waals surface area (Å²) in [5.41, 5.74) is 0. The summed E-state index contributed by atoms with van der Waals surface area (Å²) in [5, 5.41) is 14.3. The lowest BCUT2D eigenvalue weighted by atomic mass is 10.4. The standard InChI is InChI=1S/C11H22N6O.HI/c1-4-10-16-15-9-17(10)7-5-13-11(12-2)14-6-8-18-3;/h9H,4-8H2,1-3H3,(H2,12,13,14);1H. The molecule has 0 fully saturated rings. The number of methoxy groups -OCH3 is 1. The molecule has 0 atom stereocenters. The van der Waals surface area contributed by atoms with Crippen molar-refractivity contribution in [3.8, 4) is 0 Å². The number of guanidine groups is 1. The molecule has 19 heavy (non-hydrogen) atoms. The zero-order valence-corrected chi connectivity index (χ0v) is 14.0. The Labute approximate surface area is 131 Å². The summed E-state index contributed by atoms with van der Waals surface area (Å²) in [7, 11) is 3.43. The van der Waals surface area contributed by atoms with Crippen molar-refractivity contribution in [3.05, 3.63) is 12.2 Å². The van der Waals surface area contributed by atoms with Crippen molar-refractivity contribution in [2.24, 2.45) is 4.99 Å². The molecule has 0 radical (unpaired) electrons. The van der Waals surface area contributed by atoms with E-state index >= 15 is 0 Å². The summed E-state index contributed by atoms with van der Waals surface area (Å²) < 4.78 is 7.00. The molecule has 1 aromatic rings. The van der Waals surface area contributed by atoms with E-state index in [4.69, 9.17) is 4.74 Å². The summed E-state index contributed by atoms with van der Waals surface area (Å²) >= 11 is 0. The second-order valence-electron chi connectivity index (χ2n) is 3.71. The highest BCUT2D eigenvalue weighted by Crippen LogP contribution is 1.94. The van der Waals surface area contributed by atoms with E-state index in [9.17, 15) is 0 Å². The number of rotatable bonds is 7. The molecule has 1 heterocycles. The van der Waals surface area contributed by atoms with Gasteiger partial charge in [-0.1, -0.05) is 6.92 Å². The molecule has 1 rings (SSSR count). The molecule has 0 spiro atoms. The minimum absolute atomic E-state index is 0. The molecule has 110 valence electrons. The Balaban J connectivity index is 0.00000324. The Morgan fingerprint density at radius 2 is 2.16 bits per heavy atom. The Morgan fingerprint density at radius 1 is 1.42 bits per heavy atom. The first-order chi connectivity index (χ1) is 8.81.